The van der Waals surface area contributed by atoms with Gasteiger partial charge in [-0.25, -0.2) is 0 Å². The van der Waals surface area contributed by atoms with E-state index in [2.05, 4.69) is 5.32 Å². The van der Waals surface area contributed by atoms with Crippen molar-refractivity contribution >= 4 is 46.8 Å². The molecule has 0 bridgehead atoms. The van der Waals surface area contributed by atoms with Crippen LogP contribution in [0, 0.1) is 0 Å². The smallest absolute Gasteiger partial charge is 0.242 e. The molecule has 3 rings (SSSR count). The minimum absolute atomic E-state index is 0.0894. The number of hydrogen-bond acceptors (Lipinski definition) is 3. The van der Waals surface area contributed by atoms with Crippen molar-refractivity contribution in [1.82, 2.24) is 10.2 Å². The van der Waals surface area contributed by atoms with Crippen LogP contribution in [0.1, 0.15) is 16.7 Å². The first-order valence-corrected chi connectivity index (χ1v) is 12.5. The van der Waals surface area contributed by atoms with Gasteiger partial charge in [0.25, 0.3) is 0 Å². The number of likely N-dealkylation sites (N-methyl/N-ethyl adjacent to an activating group) is 1. The number of hydrogen-bond donors (Lipinski definition) is 1. The summed E-state index contributed by atoms with van der Waals surface area (Å²) in [6, 6.07) is 24.0. The highest BCUT2D eigenvalue weighted by Gasteiger charge is 2.29. The fraction of sp³-hybridized carbons (Fsp3) is 0.231. The molecular weight excluding hydrogens is 475 g/mol. The van der Waals surface area contributed by atoms with Gasteiger partial charge in [0.2, 0.25) is 11.8 Å². The summed E-state index contributed by atoms with van der Waals surface area (Å²) in [7, 11) is 1.60. The average molecular weight is 501 g/mol. The van der Waals surface area contributed by atoms with Crippen LogP contribution >= 0.6 is 35.0 Å². The maximum absolute atomic E-state index is 13.4. The molecule has 33 heavy (non-hydrogen) atoms. The average Bonchev–Trinajstić information content (AvgIpc) is 2.83. The van der Waals surface area contributed by atoms with Crippen LogP contribution in [0.25, 0.3) is 0 Å². The zero-order chi connectivity index (χ0) is 23.6. The number of rotatable bonds is 10. The van der Waals surface area contributed by atoms with Gasteiger partial charge in [-0.3, -0.25) is 9.59 Å². The molecule has 0 heterocycles. The Bertz CT molecular complexity index is 1040. The molecule has 1 N–H and O–H groups in total. The summed E-state index contributed by atoms with van der Waals surface area (Å²) >= 11 is 13.5. The molecule has 172 valence electrons. The largest absolute Gasteiger partial charge is 0.357 e. The molecule has 0 spiro atoms. The van der Waals surface area contributed by atoms with Crippen molar-refractivity contribution in [3.05, 3.63) is 106 Å². The van der Waals surface area contributed by atoms with Gasteiger partial charge >= 0.3 is 0 Å². The standard InChI is InChI=1S/C26H26Cl2N2O2S/c1-29-26(32)24(15-19-5-3-2-4-6-19)30(16-20-7-11-22(27)12-8-20)25(31)18-33-17-21-9-13-23(28)14-10-21/h2-14,24H,15-18H2,1H3,(H,29,32)/t24-/m1/s1. The molecule has 1 atom stereocenters. The molecule has 7 heteroatoms. The zero-order valence-electron chi connectivity index (χ0n) is 18.3. The number of benzene rings is 3. The number of carbonyl (C=O) groups excluding carboxylic acids is 2. The highest BCUT2D eigenvalue weighted by atomic mass is 35.5. The van der Waals surface area contributed by atoms with Crippen molar-refractivity contribution in [2.75, 3.05) is 12.8 Å². The molecule has 3 aromatic rings. The predicted octanol–water partition coefficient (Wildman–Crippen LogP) is 5.61. The van der Waals surface area contributed by atoms with Crippen LogP contribution in [-0.4, -0.2) is 35.6 Å². The van der Waals surface area contributed by atoms with Gasteiger partial charge in [0.05, 0.1) is 5.75 Å². The van der Waals surface area contributed by atoms with E-state index in [1.54, 1.807) is 24.1 Å². The summed E-state index contributed by atoms with van der Waals surface area (Å²) in [6.07, 6.45) is 0.432. The maximum Gasteiger partial charge on any atom is 0.242 e. The lowest BCUT2D eigenvalue weighted by atomic mass is 10.0. The van der Waals surface area contributed by atoms with Crippen LogP contribution in [0.15, 0.2) is 78.9 Å². The Hall–Kier alpha value is -2.47. The van der Waals surface area contributed by atoms with Crippen LogP contribution in [0.3, 0.4) is 0 Å². The Morgan fingerprint density at radius 1 is 0.848 bits per heavy atom. The van der Waals surface area contributed by atoms with E-state index in [1.165, 1.54) is 11.8 Å². The summed E-state index contributed by atoms with van der Waals surface area (Å²) in [5.74, 6) is 0.664. The van der Waals surface area contributed by atoms with E-state index in [0.717, 1.165) is 16.7 Å². The number of nitrogens with one attached hydrogen (secondary N) is 1. The topological polar surface area (TPSA) is 49.4 Å². The molecule has 0 fully saturated rings. The third-order valence-corrected chi connectivity index (χ3v) is 6.68. The van der Waals surface area contributed by atoms with Gasteiger partial charge in [-0.1, -0.05) is 77.8 Å². The van der Waals surface area contributed by atoms with Crippen LogP contribution in [0.4, 0.5) is 0 Å². The molecule has 0 radical (unpaired) electrons. The van der Waals surface area contributed by atoms with Crippen molar-refractivity contribution in [1.29, 1.82) is 0 Å². The summed E-state index contributed by atoms with van der Waals surface area (Å²) in [5.41, 5.74) is 3.00. The van der Waals surface area contributed by atoms with Gasteiger partial charge in [-0.2, -0.15) is 0 Å². The maximum atomic E-state index is 13.4. The third kappa shape index (κ3) is 7.81. The SMILES string of the molecule is CNC(=O)[C@@H](Cc1ccccc1)N(Cc1ccc(Cl)cc1)C(=O)CSCc1ccc(Cl)cc1. The van der Waals surface area contributed by atoms with Crippen LogP contribution in [0.5, 0.6) is 0 Å². The predicted molar refractivity (Wildman–Crippen MR) is 138 cm³/mol. The molecule has 0 aliphatic carbocycles. The molecule has 0 saturated carbocycles. The molecule has 0 aliphatic rings. The summed E-state index contributed by atoms with van der Waals surface area (Å²) in [4.78, 5) is 27.9. The van der Waals surface area contributed by atoms with E-state index in [9.17, 15) is 9.59 Å². The lowest BCUT2D eigenvalue weighted by Crippen LogP contribution is -2.50. The van der Waals surface area contributed by atoms with Crippen molar-refractivity contribution < 1.29 is 9.59 Å². The van der Waals surface area contributed by atoms with E-state index in [-0.39, 0.29) is 17.6 Å². The van der Waals surface area contributed by atoms with E-state index >= 15 is 0 Å². The highest BCUT2D eigenvalue weighted by Crippen LogP contribution is 2.20. The number of amides is 2. The second kappa shape index (κ2) is 12.7. The Kier molecular flexibility index (Phi) is 9.67. The van der Waals surface area contributed by atoms with E-state index in [0.29, 0.717) is 28.8 Å². The first-order chi connectivity index (χ1) is 16.0. The lowest BCUT2D eigenvalue weighted by Gasteiger charge is -2.31. The molecule has 0 unspecified atom stereocenters. The Labute approximate surface area is 209 Å². The minimum Gasteiger partial charge on any atom is -0.357 e. The van der Waals surface area contributed by atoms with Crippen molar-refractivity contribution in [2.45, 2.75) is 24.8 Å². The molecule has 0 saturated heterocycles. The third-order valence-electron chi connectivity index (χ3n) is 5.19. The second-order valence-corrected chi connectivity index (χ2v) is 9.45. The number of carbonyl (C=O) groups is 2. The van der Waals surface area contributed by atoms with Gasteiger partial charge in [0, 0.05) is 35.8 Å². The first kappa shape index (κ1) is 25.2. The minimum atomic E-state index is -0.628. The molecule has 3 aromatic carbocycles. The van der Waals surface area contributed by atoms with E-state index in [4.69, 9.17) is 23.2 Å². The van der Waals surface area contributed by atoms with Crippen molar-refractivity contribution in [2.24, 2.45) is 0 Å². The molecular formula is C26H26Cl2N2O2S. The molecule has 0 aromatic heterocycles. The first-order valence-electron chi connectivity index (χ1n) is 10.6. The van der Waals surface area contributed by atoms with Gasteiger partial charge in [0.15, 0.2) is 0 Å². The number of halogens is 2. The van der Waals surface area contributed by atoms with Crippen LogP contribution in [-0.2, 0) is 28.3 Å². The number of nitrogens with zero attached hydrogens (tertiary/aromatic N) is 1. The Morgan fingerprint density at radius 2 is 1.42 bits per heavy atom. The van der Waals surface area contributed by atoms with E-state index in [1.807, 2.05) is 66.7 Å². The normalized spacial score (nSPS) is 11.6. The lowest BCUT2D eigenvalue weighted by molar-refractivity contribution is -0.139. The molecule has 0 aliphatic heterocycles. The second-order valence-electron chi connectivity index (χ2n) is 7.59. The van der Waals surface area contributed by atoms with Gasteiger partial charge in [0.1, 0.15) is 6.04 Å². The van der Waals surface area contributed by atoms with Crippen molar-refractivity contribution in [3.8, 4) is 0 Å². The van der Waals surface area contributed by atoms with Crippen LogP contribution < -0.4 is 5.32 Å². The monoisotopic (exact) mass is 500 g/mol. The number of thioether (sulfide) groups is 1. The molecule has 4 nitrogen and oxygen atoms in total. The quantitative estimate of drug-likeness (QED) is 0.393. The van der Waals surface area contributed by atoms with E-state index < -0.39 is 6.04 Å². The Morgan fingerprint density at radius 3 is 2.00 bits per heavy atom. The highest BCUT2D eigenvalue weighted by molar-refractivity contribution is 7.99. The van der Waals surface area contributed by atoms with Crippen molar-refractivity contribution in [3.63, 3.8) is 0 Å². The molecule has 2 amide bonds. The fourth-order valence-corrected chi connectivity index (χ4v) is 4.55. The fourth-order valence-electron chi connectivity index (χ4n) is 3.43. The van der Waals surface area contributed by atoms with Gasteiger partial charge in [-0.15, -0.1) is 11.8 Å². The summed E-state index contributed by atoms with van der Waals surface area (Å²) in [5, 5.41) is 4.04. The van der Waals surface area contributed by atoms with Gasteiger partial charge < -0.3 is 10.2 Å². The zero-order valence-corrected chi connectivity index (χ0v) is 20.7. The van der Waals surface area contributed by atoms with Crippen LogP contribution in [0.2, 0.25) is 10.0 Å². The Balaban J connectivity index is 1.79. The summed E-state index contributed by atoms with van der Waals surface area (Å²) < 4.78 is 0. The summed E-state index contributed by atoms with van der Waals surface area (Å²) in [6.45, 7) is 0.322. The van der Waals surface area contributed by atoms with Gasteiger partial charge in [-0.05, 0) is 41.0 Å².